The fourth-order valence-corrected chi connectivity index (χ4v) is 4.45. The van der Waals surface area contributed by atoms with Crippen molar-refractivity contribution in [3.63, 3.8) is 0 Å². The van der Waals surface area contributed by atoms with E-state index in [1.54, 1.807) is 17.6 Å². The zero-order valence-corrected chi connectivity index (χ0v) is 13.9. The Labute approximate surface area is 135 Å². The van der Waals surface area contributed by atoms with Gasteiger partial charge in [-0.15, -0.1) is 11.3 Å². The van der Waals surface area contributed by atoms with E-state index in [1.807, 2.05) is 6.26 Å². The lowest BCUT2D eigenvalue weighted by atomic mass is 9.76. The molecule has 0 saturated carbocycles. The van der Waals surface area contributed by atoms with Gasteiger partial charge in [-0.1, -0.05) is 0 Å². The van der Waals surface area contributed by atoms with Gasteiger partial charge in [0.15, 0.2) is 0 Å². The topological polar surface area (TPSA) is 32.5 Å². The molecule has 2 aliphatic heterocycles. The van der Waals surface area contributed by atoms with Crippen molar-refractivity contribution >= 4 is 11.3 Å². The Hall–Kier alpha value is -1.17. The second kappa shape index (κ2) is 5.80. The highest BCUT2D eigenvalue weighted by Gasteiger charge is 2.46. The second-order valence-corrected chi connectivity index (χ2v) is 7.72. The fraction of sp³-hybridized carbons (Fsp3) is 0.588. The van der Waals surface area contributed by atoms with Gasteiger partial charge < -0.3 is 4.42 Å². The van der Waals surface area contributed by atoms with Crippen LogP contribution in [0.2, 0.25) is 0 Å². The van der Waals surface area contributed by atoms with E-state index in [9.17, 15) is 0 Å². The number of nitrogens with zero attached hydrogens (tertiary/aromatic N) is 3. The Kier molecular flexibility index (Phi) is 3.80. The predicted octanol–water partition coefficient (Wildman–Crippen LogP) is 3.29. The van der Waals surface area contributed by atoms with Crippen molar-refractivity contribution < 1.29 is 4.42 Å². The molecule has 2 saturated heterocycles. The first-order valence-electron chi connectivity index (χ1n) is 8.13. The molecule has 0 aromatic carbocycles. The van der Waals surface area contributed by atoms with Crippen LogP contribution in [0.1, 0.15) is 35.5 Å². The lowest BCUT2D eigenvalue weighted by Crippen LogP contribution is -2.63. The molecule has 0 bridgehead atoms. The largest absolute Gasteiger partial charge is 0.472 e. The lowest BCUT2D eigenvalue weighted by molar-refractivity contribution is -0.0665. The summed E-state index contributed by atoms with van der Waals surface area (Å²) >= 11 is 1.76. The number of hydrogen-bond acceptors (Lipinski definition) is 5. The monoisotopic (exact) mass is 317 g/mol. The van der Waals surface area contributed by atoms with Gasteiger partial charge in [-0.2, -0.15) is 0 Å². The summed E-state index contributed by atoms with van der Waals surface area (Å²) in [7, 11) is 0. The Morgan fingerprint density at radius 1 is 1.23 bits per heavy atom. The van der Waals surface area contributed by atoms with Crippen LogP contribution in [0, 0.1) is 6.92 Å². The van der Waals surface area contributed by atoms with E-state index < -0.39 is 0 Å². The van der Waals surface area contributed by atoms with Crippen LogP contribution in [0.15, 0.2) is 28.4 Å². The van der Waals surface area contributed by atoms with E-state index in [0.717, 1.165) is 13.1 Å². The zero-order chi connectivity index (χ0) is 15.0. The molecule has 0 radical (unpaired) electrons. The molecular weight excluding hydrogens is 294 g/mol. The molecule has 22 heavy (non-hydrogen) atoms. The maximum Gasteiger partial charge on any atom is 0.0947 e. The van der Waals surface area contributed by atoms with Crippen LogP contribution in [-0.4, -0.2) is 40.0 Å². The van der Waals surface area contributed by atoms with Gasteiger partial charge in [0, 0.05) is 49.2 Å². The smallest absolute Gasteiger partial charge is 0.0947 e. The normalized spacial score (nSPS) is 22.0. The number of aromatic nitrogens is 1. The van der Waals surface area contributed by atoms with E-state index in [1.165, 1.54) is 55.2 Å². The van der Waals surface area contributed by atoms with Gasteiger partial charge in [0.1, 0.15) is 0 Å². The minimum absolute atomic E-state index is 0.449. The minimum atomic E-state index is 0.449. The molecule has 0 N–H and O–H groups in total. The molecule has 0 aliphatic carbocycles. The summed E-state index contributed by atoms with van der Waals surface area (Å²) in [6, 6.07) is 2.07. The maximum absolute atomic E-state index is 5.17. The van der Waals surface area contributed by atoms with Gasteiger partial charge in [0.05, 0.1) is 23.2 Å². The minimum Gasteiger partial charge on any atom is -0.472 e. The van der Waals surface area contributed by atoms with Crippen LogP contribution in [0.3, 0.4) is 0 Å². The van der Waals surface area contributed by atoms with Crippen molar-refractivity contribution in [3.8, 4) is 0 Å². The third-order valence-corrected chi connectivity index (χ3v) is 6.13. The van der Waals surface area contributed by atoms with Gasteiger partial charge in [-0.25, -0.2) is 4.98 Å². The van der Waals surface area contributed by atoms with E-state index in [4.69, 9.17) is 4.42 Å². The molecule has 2 fully saturated rings. The molecule has 4 nitrogen and oxygen atoms in total. The highest BCUT2D eigenvalue weighted by atomic mass is 32.1. The molecule has 2 aliphatic rings. The number of hydrogen-bond donors (Lipinski definition) is 0. The Balaban J connectivity index is 1.34. The molecule has 0 atom stereocenters. The Morgan fingerprint density at radius 3 is 2.64 bits per heavy atom. The third-order valence-electron chi connectivity index (χ3n) is 5.31. The molecule has 1 spiro atoms. The van der Waals surface area contributed by atoms with Crippen molar-refractivity contribution in [3.05, 3.63) is 40.2 Å². The quantitative estimate of drug-likeness (QED) is 0.866. The zero-order valence-electron chi connectivity index (χ0n) is 13.1. The molecule has 0 amide bonds. The number of furan rings is 1. The first kappa shape index (κ1) is 14.4. The maximum atomic E-state index is 5.17. The standard InChI is InChI=1S/C17H23N3OS/c1-14-18-16(13-22-14)11-20-8-5-17(20)3-6-19(7-4-17)10-15-2-9-21-12-15/h2,9,12-13H,3-8,10-11H2,1H3. The molecule has 118 valence electrons. The third kappa shape index (κ3) is 2.73. The number of aryl methyl sites for hydroxylation is 1. The summed E-state index contributed by atoms with van der Waals surface area (Å²) in [5.41, 5.74) is 2.99. The van der Waals surface area contributed by atoms with E-state index in [2.05, 4.69) is 33.2 Å². The van der Waals surface area contributed by atoms with Gasteiger partial charge in [-0.3, -0.25) is 9.80 Å². The first-order valence-corrected chi connectivity index (χ1v) is 9.01. The highest BCUT2D eigenvalue weighted by Crippen LogP contribution is 2.41. The predicted molar refractivity (Wildman–Crippen MR) is 87.8 cm³/mol. The van der Waals surface area contributed by atoms with E-state index in [-0.39, 0.29) is 0 Å². The van der Waals surface area contributed by atoms with Crippen LogP contribution < -0.4 is 0 Å². The van der Waals surface area contributed by atoms with Crippen molar-refractivity contribution in [2.75, 3.05) is 19.6 Å². The van der Waals surface area contributed by atoms with Crippen LogP contribution in [0.5, 0.6) is 0 Å². The molecule has 4 heterocycles. The molecule has 2 aromatic rings. The summed E-state index contributed by atoms with van der Waals surface area (Å²) in [6.45, 7) is 7.77. The van der Waals surface area contributed by atoms with Gasteiger partial charge in [-0.05, 0) is 32.3 Å². The highest BCUT2D eigenvalue weighted by molar-refractivity contribution is 7.09. The summed E-state index contributed by atoms with van der Waals surface area (Å²) in [5.74, 6) is 0. The SMILES string of the molecule is Cc1nc(CN2CCC23CCN(Cc2ccoc2)CC3)cs1. The Morgan fingerprint density at radius 2 is 2.05 bits per heavy atom. The molecule has 0 unspecified atom stereocenters. The van der Waals surface area contributed by atoms with Crippen LogP contribution in [0.4, 0.5) is 0 Å². The summed E-state index contributed by atoms with van der Waals surface area (Å²) < 4.78 is 5.17. The number of likely N-dealkylation sites (tertiary alicyclic amines) is 2. The van der Waals surface area contributed by atoms with E-state index in [0.29, 0.717) is 5.54 Å². The first-order chi connectivity index (χ1) is 10.7. The number of piperidine rings is 1. The molecular formula is C17H23N3OS. The van der Waals surface area contributed by atoms with Gasteiger partial charge in [0.25, 0.3) is 0 Å². The summed E-state index contributed by atoms with van der Waals surface area (Å²) in [4.78, 5) is 9.85. The van der Waals surface area contributed by atoms with Crippen molar-refractivity contribution in [1.29, 1.82) is 0 Å². The summed E-state index contributed by atoms with van der Waals surface area (Å²) in [5, 5.41) is 3.40. The van der Waals surface area contributed by atoms with Crippen molar-refractivity contribution in [2.24, 2.45) is 0 Å². The molecule has 4 rings (SSSR count). The van der Waals surface area contributed by atoms with E-state index >= 15 is 0 Å². The van der Waals surface area contributed by atoms with Crippen molar-refractivity contribution in [2.45, 2.75) is 44.8 Å². The average Bonchev–Trinajstić information content (AvgIpc) is 3.16. The fourth-order valence-electron chi connectivity index (χ4n) is 3.84. The Bertz CT molecular complexity index is 614. The van der Waals surface area contributed by atoms with Gasteiger partial charge >= 0.3 is 0 Å². The molecule has 2 aromatic heterocycles. The summed E-state index contributed by atoms with van der Waals surface area (Å²) in [6.07, 6.45) is 7.56. The second-order valence-electron chi connectivity index (χ2n) is 6.66. The van der Waals surface area contributed by atoms with Crippen LogP contribution in [-0.2, 0) is 13.1 Å². The number of rotatable bonds is 4. The average molecular weight is 317 g/mol. The van der Waals surface area contributed by atoms with Crippen LogP contribution >= 0.6 is 11.3 Å². The lowest BCUT2D eigenvalue weighted by Gasteiger charge is -2.56. The van der Waals surface area contributed by atoms with Crippen molar-refractivity contribution in [1.82, 2.24) is 14.8 Å². The van der Waals surface area contributed by atoms with Gasteiger partial charge in [0.2, 0.25) is 0 Å². The van der Waals surface area contributed by atoms with Crippen LogP contribution in [0.25, 0.3) is 0 Å². The number of thiazole rings is 1. The molecule has 5 heteroatoms.